The van der Waals surface area contributed by atoms with Crippen molar-refractivity contribution in [1.29, 1.82) is 0 Å². The van der Waals surface area contributed by atoms with Gasteiger partial charge in [-0.3, -0.25) is 4.79 Å². The zero-order valence-corrected chi connectivity index (χ0v) is 10.5. The maximum absolute atomic E-state index is 11.7. The van der Waals surface area contributed by atoms with Crippen LogP contribution in [0.5, 0.6) is 0 Å². The Morgan fingerprint density at radius 2 is 2.26 bits per heavy atom. The van der Waals surface area contributed by atoms with Crippen molar-refractivity contribution >= 4 is 12.0 Å². The van der Waals surface area contributed by atoms with Crippen molar-refractivity contribution in [2.75, 3.05) is 6.54 Å². The van der Waals surface area contributed by atoms with Gasteiger partial charge >= 0.3 is 12.0 Å². The molecule has 1 atom stereocenters. The van der Waals surface area contributed by atoms with Crippen molar-refractivity contribution in [3.05, 3.63) is 5.82 Å². The first kappa shape index (κ1) is 13.2. The van der Waals surface area contributed by atoms with E-state index in [1.165, 1.54) is 0 Å². The fourth-order valence-electron chi connectivity index (χ4n) is 1.98. The number of aromatic nitrogens is 4. The molecule has 9 nitrogen and oxygen atoms in total. The van der Waals surface area contributed by atoms with Gasteiger partial charge in [0, 0.05) is 6.54 Å². The number of hydrogen-bond acceptors (Lipinski definition) is 5. The van der Waals surface area contributed by atoms with E-state index in [9.17, 15) is 9.59 Å². The maximum atomic E-state index is 11.7. The highest BCUT2D eigenvalue weighted by atomic mass is 16.4. The van der Waals surface area contributed by atoms with Crippen molar-refractivity contribution < 1.29 is 14.7 Å². The van der Waals surface area contributed by atoms with Gasteiger partial charge in [0.2, 0.25) is 0 Å². The summed E-state index contributed by atoms with van der Waals surface area (Å²) in [6, 6.07) is -0.842. The summed E-state index contributed by atoms with van der Waals surface area (Å²) in [6.07, 6.45) is 2.08. The number of urea groups is 1. The van der Waals surface area contributed by atoms with E-state index < -0.39 is 23.5 Å². The molecule has 1 aliphatic rings. The number of carbonyl (C=O) groups excluding carboxylic acids is 1. The van der Waals surface area contributed by atoms with Crippen molar-refractivity contribution in [3.8, 4) is 0 Å². The fourth-order valence-corrected chi connectivity index (χ4v) is 1.98. The summed E-state index contributed by atoms with van der Waals surface area (Å²) in [5.74, 6) is -0.489. The van der Waals surface area contributed by atoms with Gasteiger partial charge in [0.05, 0.1) is 11.5 Å². The smallest absolute Gasteiger partial charge is 0.315 e. The Labute approximate surface area is 109 Å². The number of carbonyl (C=O) groups is 2. The summed E-state index contributed by atoms with van der Waals surface area (Å²) in [6.45, 7) is 1.84. The zero-order chi connectivity index (χ0) is 13.9. The predicted octanol–water partition coefficient (Wildman–Crippen LogP) is -0.185. The van der Waals surface area contributed by atoms with Gasteiger partial charge in [-0.05, 0) is 19.8 Å². The molecule has 0 radical (unpaired) electrons. The van der Waals surface area contributed by atoms with Crippen LogP contribution in [0.15, 0.2) is 0 Å². The summed E-state index contributed by atoms with van der Waals surface area (Å²) in [5, 5.41) is 27.5. The predicted molar refractivity (Wildman–Crippen MR) is 63.0 cm³/mol. The second kappa shape index (κ2) is 5.21. The minimum absolute atomic E-state index is 0.132. The first-order valence-electron chi connectivity index (χ1n) is 6.05. The highest BCUT2D eigenvalue weighted by molar-refractivity contribution is 5.79. The Balaban J connectivity index is 1.80. The van der Waals surface area contributed by atoms with Crippen LogP contribution < -0.4 is 10.6 Å². The molecule has 9 heteroatoms. The van der Waals surface area contributed by atoms with Crippen molar-refractivity contribution in [3.63, 3.8) is 0 Å². The SMILES string of the molecule is CC(NC(=O)NCC1(C(=O)O)CCC1)c1nn[nH]n1. The first-order chi connectivity index (χ1) is 9.03. The molecule has 0 spiro atoms. The quantitative estimate of drug-likeness (QED) is 0.585. The Morgan fingerprint density at radius 1 is 1.53 bits per heavy atom. The Kier molecular flexibility index (Phi) is 3.63. The zero-order valence-electron chi connectivity index (χ0n) is 10.5. The summed E-state index contributed by atoms with van der Waals surface area (Å²) < 4.78 is 0. The van der Waals surface area contributed by atoms with Crippen LogP contribution in [0.1, 0.15) is 38.1 Å². The van der Waals surface area contributed by atoms with Gasteiger partial charge < -0.3 is 15.7 Å². The highest BCUT2D eigenvalue weighted by Crippen LogP contribution is 2.40. The van der Waals surface area contributed by atoms with Gasteiger partial charge in [-0.25, -0.2) is 4.79 Å². The molecule has 0 saturated heterocycles. The van der Waals surface area contributed by atoms with Crippen molar-refractivity contribution in [2.45, 2.75) is 32.2 Å². The highest BCUT2D eigenvalue weighted by Gasteiger charge is 2.44. The molecule has 1 aliphatic carbocycles. The van der Waals surface area contributed by atoms with E-state index in [1.807, 2.05) is 0 Å². The van der Waals surface area contributed by atoms with Crippen LogP contribution in [0.3, 0.4) is 0 Å². The molecule has 4 N–H and O–H groups in total. The van der Waals surface area contributed by atoms with E-state index in [4.69, 9.17) is 5.11 Å². The summed E-state index contributed by atoms with van der Waals surface area (Å²) in [7, 11) is 0. The number of carboxylic acids is 1. The number of H-pyrrole nitrogens is 1. The number of carboxylic acid groups (broad SMARTS) is 1. The average molecular weight is 268 g/mol. The second-order valence-corrected chi connectivity index (χ2v) is 4.76. The molecule has 19 heavy (non-hydrogen) atoms. The van der Waals surface area contributed by atoms with Crippen LogP contribution in [0, 0.1) is 5.41 Å². The second-order valence-electron chi connectivity index (χ2n) is 4.76. The number of aliphatic carboxylic acids is 1. The van der Waals surface area contributed by atoms with Gasteiger partial charge in [0.1, 0.15) is 0 Å². The first-order valence-corrected chi connectivity index (χ1v) is 6.05. The normalized spacial score (nSPS) is 18.2. The molecule has 0 bridgehead atoms. The van der Waals surface area contributed by atoms with Crippen molar-refractivity contribution in [2.24, 2.45) is 5.41 Å². The van der Waals surface area contributed by atoms with Crippen LogP contribution >= 0.6 is 0 Å². The lowest BCUT2D eigenvalue weighted by Crippen LogP contribution is -2.50. The lowest BCUT2D eigenvalue weighted by Gasteiger charge is -2.37. The van der Waals surface area contributed by atoms with Gasteiger partial charge in [0.25, 0.3) is 0 Å². The van der Waals surface area contributed by atoms with Crippen LogP contribution in [-0.2, 0) is 4.79 Å². The van der Waals surface area contributed by atoms with E-state index in [2.05, 4.69) is 31.3 Å². The number of aromatic amines is 1. The molecule has 1 aromatic rings. The molecular weight excluding hydrogens is 252 g/mol. The average Bonchev–Trinajstić information content (AvgIpc) is 2.80. The van der Waals surface area contributed by atoms with Gasteiger partial charge in [0.15, 0.2) is 5.82 Å². The topological polar surface area (TPSA) is 133 Å². The molecular formula is C10H16N6O3. The summed E-state index contributed by atoms with van der Waals surface area (Å²) in [5.41, 5.74) is -0.799. The Hall–Kier alpha value is -2.19. The minimum Gasteiger partial charge on any atom is -0.481 e. The molecule has 0 aliphatic heterocycles. The number of rotatable bonds is 5. The van der Waals surface area contributed by atoms with E-state index in [-0.39, 0.29) is 6.54 Å². The summed E-state index contributed by atoms with van der Waals surface area (Å²) in [4.78, 5) is 22.8. The Bertz CT molecular complexity index is 456. The van der Waals surface area contributed by atoms with E-state index in [0.717, 1.165) is 6.42 Å². The van der Waals surface area contributed by atoms with Crippen molar-refractivity contribution in [1.82, 2.24) is 31.3 Å². The molecule has 1 aromatic heterocycles. The molecule has 104 valence electrons. The fraction of sp³-hybridized carbons (Fsp3) is 0.700. The third kappa shape index (κ3) is 2.80. The van der Waals surface area contributed by atoms with E-state index >= 15 is 0 Å². The van der Waals surface area contributed by atoms with E-state index in [1.54, 1.807) is 6.92 Å². The summed E-state index contributed by atoms with van der Waals surface area (Å²) >= 11 is 0. The molecule has 1 unspecified atom stereocenters. The van der Waals surface area contributed by atoms with Gasteiger partial charge in [-0.1, -0.05) is 11.6 Å². The standard InChI is InChI=1S/C10H16N6O3/c1-6(7-13-15-16-14-7)12-9(19)11-5-10(8(17)18)3-2-4-10/h6H,2-5H2,1H3,(H,17,18)(H2,11,12,19)(H,13,14,15,16). The van der Waals surface area contributed by atoms with Crippen LogP contribution in [-0.4, -0.2) is 44.3 Å². The Morgan fingerprint density at radius 3 is 2.74 bits per heavy atom. The largest absolute Gasteiger partial charge is 0.481 e. The molecule has 0 aromatic carbocycles. The van der Waals surface area contributed by atoms with Gasteiger partial charge in [-0.2, -0.15) is 5.21 Å². The maximum Gasteiger partial charge on any atom is 0.315 e. The third-order valence-electron chi connectivity index (χ3n) is 3.45. The van der Waals surface area contributed by atoms with E-state index in [0.29, 0.717) is 18.7 Å². The number of nitrogens with one attached hydrogen (secondary N) is 3. The molecule has 1 saturated carbocycles. The molecule has 2 rings (SSSR count). The van der Waals surface area contributed by atoms with Crippen LogP contribution in [0.4, 0.5) is 4.79 Å². The number of tetrazole rings is 1. The van der Waals surface area contributed by atoms with Gasteiger partial charge in [-0.15, -0.1) is 10.2 Å². The lowest BCUT2D eigenvalue weighted by atomic mass is 9.69. The molecule has 1 heterocycles. The monoisotopic (exact) mass is 268 g/mol. The van der Waals surface area contributed by atoms with Crippen LogP contribution in [0.25, 0.3) is 0 Å². The molecule has 2 amide bonds. The number of nitrogens with zero attached hydrogens (tertiary/aromatic N) is 3. The minimum atomic E-state index is -0.856. The third-order valence-corrected chi connectivity index (χ3v) is 3.45. The molecule has 1 fully saturated rings. The number of hydrogen-bond donors (Lipinski definition) is 4. The van der Waals surface area contributed by atoms with Crippen LogP contribution in [0.2, 0.25) is 0 Å². The number of amides is 2. The lowest BCUT2D eigenvalue weighted by molar-refractivity contribution is -0.153.